The van der Waals surface area contributed by atoms with Gasteiger partial charge in [-0.05, 0) is 13.0 Å². The highest BCUT2D eigenvalue weighted by Crippen LogP contribution is 2.30. The fourth-order valence-electron chi connectivity index (χ4n) is 1.18. The number of aromatic nitrogens is 1. The molecule has 0 saturated heterocycles. The summed E-state index contributed by atoms with van der Waals surface area (Å²) in [7, 11) is 1.23. The molecular formula is C9H9F2NO2. The quantitative estimate of drug-likeness (QED) is 0.703. The van der Waals surface area contributed by atoms with E-state index in [9.17, 15) is 13.6 Å². The van der Waals surface area contributed by atoms with Crippen molar-refractivity contribution in [3.63, 3.8) is 0 Å². The second-order valence-electron chi connectivity index (χ2n) is 2.69. The van der Waals surface area contributed by atoms with Gasteiger partial charge in [-0.3, -0.25) is 4.79 Å². The van der Waals surface area contributed by atoms with Gasteiger partial charge in [0.15, 0.2) is 12.0 Å². The molecule has 0 aliphatic rings. The van der Waals surface area contributed by atoms with Crippen LogP contribution in [0.4, 0.5) is 8.78 Å². The van der Waals surface area contributed by atoms with Crippen molar-refractivity contribution in [1.82, 2.24) is 4.98 Å². The molecule has 1 aromatic heterocycles. The molecule has 76 valence electrons. The Labute approximate surface area is 79.7 Å². The highest BCUT2D eigenvalue weighted by atomic mass is 19.3. The van der Waals surface area contributed by atoms with Gasteiger partial charge in [-0.25, -0.2) is 13.8 Å². The number of pyridine rings is 1. The monoisotopic (exact) mass is 201 g/mol. The van der Waals surface area contributed by atoms with Crippen molar-refractivity contribution in [3.8, 4) is 5.75 Å². The van der Waals surface area contributed by atoms with Crippen LogP contribution in [0.2, 0.25) is 0 Å². The number of hydrogen-bond donors (Lipinski definition) is 0. The summed E-state index contributed by atoms with van der Waals surface area (Å²) in [6.45, 7) is 1.54. The van der Waals surface area contributed by atoms with Gasteiger partial charge in [0.25, 0.3) is 6.43 Å². The van der Waals surface area contributed by atoms with E-state index in [4.69, 9.17) is 4.74 Å². The van der Waals surface area contributed by atoms with Crippen molar-refractivity contribution in [2.45, 2.75) is 13.3 Å². The molecule has 0 amide bonds. The predicted octanol–water partition coefficient (Wildman–Crippen LogP) is 2.15. The van der Waals surface area contributed by atoms with Gasteiger partial charge in [0.2, 0.25) is 0 Å². The number of alkyl halides is 2. The molecule has 0 unspecified atom stereocenters. The SMILES string of the molecule is COc1c(C(F)F)cc(C)nc1C=O. The van der Waals surface area contributed by atoms with Crippen LogP contribution in [0.25, 0.3) is 0 Å². The molecule has 0 aliphatic carbocycles. The van der Waals surface area contributed by atoms with Crippen LogP contribution in [0.15, 0.2) is 6.07 Å². The van der Waals surface area contributed by atoms with Crippen LogP contribution in [-0.2, 0) is 0 Å². The smallest absolute Gasteiger partial charge is 0.267 e. The summed E-state index contributed by atoms with van der Waals surface area (Å²) < 4.78 is 29.7. The number of aldehydes is 1. The van der Waals surface area contributed by atoms with Crippen molar-refractivity contribution < 1.29 is 18.3 Å². The summed E-state index contributed by atoms with van der Waals surface area (Å²) in [6, 6.07) is 1.20. The number of carbonyl (C=O) groups excluding carboxylic acids is 1. The number of carbonyl (C=O) groups is 1. The van der Waals surface area contributed by atoms with Crippen LogP contribution in [-0.4, -0.2) is 18.4 Å². The second kappa shape index (κ2) is 4.13. The Morgan fingerprint density at radius 2 is 2.21 bits per heavy atom. The van der Waals surface area contributed by atoms with Crippen LogP contribution >= 0.6 is 0 Å². The van der Waals surface area contributed by atoms with Crippen LogP contribution < -0.4 is 4.74 Å². The van der Waals surface area contributed by atoms with E-state index in [2.05, 4.69) is 4.98 Å². The Morgan fingerprint density at radius 3 is 2.64 bits per heavy atom. The van der Waals surface area contributed by atoms with E-state index < -0.39 is 6.43 Å². The molecule has 0 aromatic carbocycles. The van der Waals surface area contributed by atoms with E-state index in [-0.39, 0.29) is 17.0 Å². The summed E-state index contributed by atoms with van der Waals surface area (Å²) in [5.74, 6) is -0.152. The summed E-state index contributed by atoms with van der Waals surface area (Å²) >= 11 is 0. The van der Waals surface area contributed by atoms with E-state index >= 15 is 0 Å². The van der Waals surface area contributed by atoms with Crippen LogP contribution in [0.5, 0.6) is 5.75 Å². The fraction of sp³-hybridized carbons (Fsp3) is 0.333. The number of nitrogens with zero attached hydrogens (tertiary/aromatic N) is 1. The van der Waals surface area contributed by atoms with Gasteiger partial charge in [-0.2, -0.15) is 0 Å². The normalized spacial score (nSPS) is 10.4. The minimum atomic E-state index is -2.68. The minimum Gasteiger partial charge on any atom is -0.494 e. The van der Waals surface area contributed by atoms with Gasteiger partial charge in [0, 0.05) is 5.69 Å². The van der Waals surface area contributed by atoms with E-state index in [0.29, 0.717) is 12.0 Å². The summed E-state index contributed by atoms with van der Waals surface area (Å²) in [5.41, 5.74) is -0.0342. The zero-order valence-corrected chi connectivity index (χ0v) is 7.75. The minimum absolute atomic E-state index is 0.0946. The Hall–Kier alpha value is -1.52. The van der Waals surface area contributed by atoms with Crippen molar-refractivity contribution in [3.05, 3.63) is 23.0 Å². The molecule has 0 saturated carbocycles. The van der Waals surface area contributed by atoms with Crippen LogP contribution in [0.3, 0.4) is 0 Å². The highest BCUT2D eigenvalue weighted by molar-refractivity contribution is 5.77. The first-order valence-electron chi connectivity index (χ1n) is 3.89. The molecule has 0 aliphatic heterocycles. The number of hydrogen-bond acceptors (Lipinski definition) is 3. The highest BCUT2D eigenvalue weighted by Gasteiger charge is 2.18. The predicted molar refractivity (Wildman–Crippen MR) is 45.9 cm³/mol. The van der Waals surface area contributed by atoms with Crippen LogP contribution in [0.1, 0.15) is 28.2 Å². The molecule has 1 heterocycles. The first kappa shape index (κ1) is 10.6. The van der Waals surface area contributed by atoms with Gasteiger partial charge >= 0.3 is 0 Å². The molecule has 0 bridgehead atoms. The standard InChI is InChI=1S/C9H9F2NO2/c1-5-3-6(9(10)11)8(14-2)7(4-13)12-5/h3-4,9H,1-2H3. The van der Waals surface area contributed by atoms with Crippen LogP contribution in [0, 0.1) is 6.92 Å². The number of halogens is 2. The third-order valence-corrected chi connectivity index (χ3v) is 1.71. The summed E-state index contributed by atoms with van der Waals surface area (Å²) in [4.78, 5) is 14.3. The van der Waals surface area contributed by atoms with Crippen molar-refractivity contribution in [2.24, 2.45) is 0 Å². The Bertz CT molecular complexity index is 353. The summed E-state index contributed by atoms with van der Waals surface area (Å²) in [6.07, 6.45) is -2.28. The number of aryl methyl sites for hydroxylation is 1. The average molecular weight is 201 g/mol. The second-order valence-corrected chi connectivity index (χ2v) is 2.69. The molecule has 0 radical (unpaired) electrons. The van der Waals surface area contributed by atoms with E-state index in [1.807, 2.05) is 0 Å². The lowest BCUT2D eigenvalue weighted by molar-refractivity contribution is 0.111. The Morgan fingerprint density at radius 1 is 1.57 bits per heavy atom. The van der Waals surface area contributed by atoms with E-state index in [1.165, 1.54) is 13.2 Å². The molecule has 0 spiro atoms. The lowest BCUT2D eigenvalue weighted by Crippen LogP contribution is -2.01. The number of methoxy groups -OCH3 is 1. The first-order valence-corrected chi connectivity index (χ1v) is 3.89. The third-order valence-electron chi connectivity index (χ3n) is 1.71. The topological polar surface area (TPSA) is 39.2 Å². The Kier molecular flexibility index (Phi) is 3.11. The number of ether oxygens (including phenoxy) is 1. The molecule has 0 fully saturated rings. The van der Waals surface area contributed by atoms with Crippen molar-refractivity contribution >= 4 is 6.29 Å². The fourth-order valence-corrected chi connectivity index (χ4v) is 1.18. The van der Waals surface area contributed by atoms with Crippen molar-refractivity contribution in [2.75, 3.05) is 7.11 Å². The van der Waals surface area contributed by atoms with Gasteiger partial charge in [-0.1, -0.05) is 0 Å². The molecular weight excluding hydrogens is 192 g/mol. The zero-order chi connectivity index (χ0) is 10.7. The van der Waals surface area contributed by atoms with Gasteiger partial charge < -0.3 is 4.74 Å². The molecule has 5 heteroatoms. The van der Waals surface area contributed by atoms with E-state index in [0.717, 1.165) is 0 Å². The summed E-state index contributed by atoms with van der Waals surface area (Å²) in [5, 5.41) is 0. The first-order chi connectivity index (χ1) is 6.60. The third kappa shape index (κ3) is 1.86. The van der Waals surface area contributed by atoms with Gasteiger partial charge in [0.1, 0.15) is 5.69 Å². The van der Waals surface area contributed by atoms with Gasteiger partial charge in [0.05, 0.1) is 12.7 Å². The number of rotatable bonds is 3. The average Bonchev–Trinajstić information content (AvgIpc) is 2.16. The maximum atomic E-state index is 12.5. The van der Waals surface area contributed by atoms with E-state index in [1.54, 1.807) is 6.92 Å². The lowest BCUT2D eigenvalue weighted by Gasteiger charge is -2.09. The van der Waals surface area contributed by atoms with Crippen molar-refractivity contribution in [1.29, 1.82) is 0 Å². The molecule has 1 aromatic rings. The molecule has 1 rings (SSSR count). The largest absolute Gasteiger partial charge is 0.494 e. The molecule has 0 atom stereocenters. The lowest BCUT2D eigenvalue weighted by atomic mass is 10.2. The molecule has 14 heavy (non-hydrogen) atoms. The zero-order valence-electron chi connectivity index (χ0n) is 7.75. The molecule has 3 nitrogen and oxygen atoms in total. The molecule has 0 N–H and O–H groups in total. The van der Waals surface area contributed by atoms with Gasteiger partial charge in [-0.15, -0.1) is 0 Å². The maximum absolute atomic E-state index is 12.5. The Balaban J connectivity index is 3.39. The maximum Gasteiger partial charge on any atom is 0.267 e.